The summed E-state index contributed by atoms with van der Waals surface area (Å²) >= 11 is 0. The molecule has 126 valence electrons. The number of carbonyl (C=O) groups is 1. The molecule has 2 N–H and O–H groups in total. The number of likely N-dealkylation sites (N-methyl/N-ethyl adjacent to an activating group) is 1. The van der Waals surface area contributed by atoms with Crippen LogP contribution in [0.4, 0.5) is 0 Å². The third-order valence-electron chi connectivity index (χ3n) is 4.17. The molecule has 0 aliphatic rings. The van der Waals surface area contributed by atoms with Crippen molar-refractivity contribution in [3.05, 3.63) is 35.1 Å². The lowest BCUT2D eigenvalue weighted by Crippen LogP contribution is -2.39. The van der Waals surface area contributed by atoms with Crippen molar-refractivity contribution in [3.8, 4) is 0 Å². The minimum atomic E-state index is 0.0316. The predicted molar refractivity (Wildman–Crippen MR) is 94.9 cm³/mol. The molecule has 1 amide bonds. The van der Waals surface area contributed by atoms with Crippen molar-refractivity contribution < 1.29 is 9.21 Å². The van der Waals surface area contributed by atoms with Crippen LogP contribution in [0.5, 0.6) is 0 Å². The van der Waals surface area contributed by atoms with Crippen LogP contribution < -0.4 is 10.6 Å². The van der Waals surface area contributed by atoms with Gasteiger partial charge in [0.15, 0.2) is 0 Å². The number of hydrogen-bond donors (Lipinski definition) is 2. The fraction of sp³-hybridized carbons (Fsp3) is 0.526. The lowest BCUT2D eigenvalue weighted by Gasteiger charge is -2.13. The number of benzene rings is 1. The maximum atomic E-state index is 12.2. The van der Waals surface area contributed by atoms with Crippen LogP contribution in [0.3, 0.4) is 0 Å². The highest BCUT2D eigenvalue weighted by Crippen LogP contribution is 2.29. The van der Waals surface area contributed by atoms with Gasteiger partial charge in [-0.05, 0) is 49.6 Å². The highest BCUT2D eigenvalue weighted by Gasteiger charge is 2.14. The normalized spacial score (nSPS) is 12.8. The van der Waals surface area contributed by atoms with Gasteiger partial charge in [0.25, 0.3) is 0 Å². The van der Waals surface area contributed by atoms with Crippen LogP contribution in [-0.2, 0) is 11.2 Å². The lowest BCUT2D eigenvalue weighted by molar-refractivity contribution is -0.120. The number of rotatable bonds is 7. The average Bonchev–Trinajstić information content (AvgIpc) is 2.86. The lowest BCUT2D eigenvalue weighted by atomic mass is 9.95. The van der Waals surface area contributed by atoms with Crippen molar-refractivity contribution in [2.24, 2.45) is 0 Å². The Hall–Kier alpha value is -1.81. The first-order chi connectivity index (χ1) is 10.9. The zero-order valence-corrected chi connectivity index (χ0v) is 14.8. The van der Waals surface area contributed by atoms with Crippen molar-refractivity contribution in [1.29, 1.82) is 0 Å². The Labute approximate surface area is 138 Å². The van der Waals surface area contributed by atoms with Crippen molar-refractivity contribution in [3.63, 3.8) is 0 Å². The Morgan fingerprint density at radius 2 is 2.00 bits per heavy atom. The SMILES string of the molecule is CCN[C@H](C)CNC(=O)Cc1coc2cc(C)c(C(C)C)cc12. The molecule has 1 aromatic carbocycles. The Bertz CT molecular complexity index is 673. The molecule has 23 heavy (non-hydrogen) atoms. The van der Waals surface area contributed by atoms with E-state index >= 15 is 0 Å². The molecule has 4 nitrogen and oxygen atoms in total. The Morgan fingerprint density at radius 3 is 2.65 bits per heavy atom. The van der Waals surface area contributed by atoms with Crippen LogP contribution in [0.2, 0.25) is 0 Å². The van der Waals surface area contributed by atoms with E-state index in [0.29, 0.717) is 18.9 Å². The van der Waals surface area contributed by atoms with E-state index in [0.717, 1.165) is 23.1 Å². The van der Waals surface area contributed by atoms with Gasteiger partial charge in [0.2, 0.25) is 5.91 Å². The smallest absolute Gasteiger partial charge is 0.224 e. The molecule has 1 aromatic heterocycles. The molecule has 0 aliphatic carbocycles. The summed E-state index contributed by atoms with van der Waals surface area (Å²) in [4.78, 5) is 12.2. The second-order valence-corrected chi connectivity index (χ2v) is 6.56. The van der Waals surface area contributed by atoms with Crippen LogP contribution in [-0.4, -0.2) is 25.0 Å². The zero-order valence-electron chi connectivity index (χ0n) is 14.8. The molecule has 0 saturated carbocycles. The van der Waals surface area contributed by atoms with Gasteiger partial charge in [-0.2, -0.15) is 0 Å². The van der Waals surface area contributed by atoms with Crippen molar-refractivity contribution in [2.75, 3.05) is 13.1 Å². The van der Waals surface area contributed by atoms with Crippen LogP contribution >= 0.6 is 0 Å². The van der Waals surface area contributed by atoms with Gasteiger partial charge in [0.05, 0.1) is 12.7 Å². The van der Waals surface area contributed by atoms with Gasteiger partial charge in [-0.15, -0.1) is 0 Å². The molecule has 2 rings (SSSR count). The molecule has 0 unspecified atom stereocenters. The highest BCUT2D eigenvalue weighted by atomic mass is 16.3. The fourth-order valence-electron chi connectivity index (χ4n) is 2.93. The fourth-order valence-corrected chi connectivity index (χ4v) is 2.93. The molecule has 0 radical (unpaired) electrons. The number of fused-ring (bicyclic) bond motifs is 1. The summed E-state index contributed by atoms with van der Waals surface area (Å²) in [6.45, 7) is 12.1. The van der Waals surface area contributed by atoms with Gasteiger partial charge in [-0.3, -0.25) is 4.79 Å². The predicted octanol–water partition coefficient (Wildman–Crippen LogP) is 3.52. The quantitative estimate of drug-likeness (QED) is 0.822. The van der Waals surface area contributed by atoms with E-state index in [9.17, 15) is 4.79 Å². The topological polar surface area (TPSA) is 54.3 Å². The number of amides is 1. The van der Waals surface area contributed by atoms with Crippen molar-refractivity contribution in [1.82, 2.24) is 10.6 Å². The van der Waals surface area contributed by atoms with Gasteiger partial charge in [-0.1, -0.05) is 20.8 Å². The van der Waals surface area contributed by atoms with Crippen LogP contribution in [0.15, 0.2) is 22.8 Å². The first-order valence-corrected chi connectivity index (χ1v) is 8.43. The number of furan rings is 1. The standard InChI is InChI=1S/C19H28N2O2/c1-6-20-14(5)10-21-19(22)8-15-11-23-18-7-13(4)16(12(2)3)9-17(15)18/h7,9,11-12,14,20H,6,8,10H2,1-5H3,(H,21,22)/t14-/m1/s1. The van der Waals surface area contributed by atoms with Crippen molar-refractivity contribution >= 4 is 16.9 Å². The molecular weight excluding hydrogens is 288 g/mol. The monoisotopic (exact) mass is 316 g/mol. The first kappa shape index (κ1) is 17.5. The van der Waals surface area contributed by atoms with Gasteiger partial charge in [0, 0.05) is 23.5 Å². The summed E-state index contributed by atoms with van der Waals surface area (Å²) in [5.74, 6) is 0.487. The van der Waals surface area contributed by atoms with Crippen LogP contribution in [0.1, 0.15) is 50.3 Å². The number of carbonyl (C=O) groups excluding carboxylic acids is 1. The highest BCUT2D eigenvalue weighted by molar-refractivity contribution is 5.88. The molecule has 1 atom stereocenters. The molecule has 0 spiro atoms. The van der Waals surface area contributed by atoms with E-state index in [1.165, 1.54) is 11.1 Å². The van der Waals surface area contributed by atoms with E-state index in [1.54, 1.807) is 6.26 Å². The third kappa shape index (κ3) is 4.35. The van der Waals surface area contributed by atoms with Crippen LogP contribution in [0, 0.1) is 6.92 Å². The summed E-state index contributed by atoms with van der Waals surface area (Å²) in [6.07, 6.45) is 2.06. The molecule has 0 saturated heterocycles. The number of hydrogen-bond acceptors (Lipinski definition) is 3. The van der Waals surface area contributed by atoms with E-state index < -0.39 is 0 Å². The van der Waals surface area contributed by atoms with Gasteiger partial charge < -0.3 is 15.1 Å². The summed E-state index contributed by atoms with van der Waals surface area (Å²) in [5.41, 5.74) is 4.35. The summed E-state index contributed by atoms with van der Waals surface area (Å²) in [6, 6.07) is 4.52. The van der Waals surface area contributed by atoms with Gasteiger partial charge >= 0.3 is 0 Å². The van der Waals surface area contributed by atoms with Crippen molar-refractivity contribution in [2.45, 2.75) is 53.0 Å². The molecule has 4 heteroatoms. The largest absolute Gasteiger partial charge is 0.464 e. The Kier molecular flexibility index (Phi) is 5.83. The summed E-state index contributed by atoms with van der Waals surface area (Å²) < 4.78 is 5.64. The maximum Gasteiger partial charge on any atom is 0.224 e. The van der Waals surface area contributed by atoms with Crippen LogP contribution in [0.25, 0.3) is 11.0 Å². The first-order valence-electron chi connectivity index (χ1n) is 8.43. The number of aryl methyl sites for hydroxylation is 1. The molecule has 0 aliphatic heterocycles. The van der Waals surface area contributed by atoms with Gasteiger partial charge in [-0.25, -0.2) is 0 Å². The molecule has 1 heterocycles. The molecule has 2 aromatic rings. The Balaban J connectivity index is 2.11. The number of nitrogens with one attached hydrogen (secondary N) is 2. The maximum absolute atomic E-state index is 12.2. The minimum Gasteiger partial charge on any atom is -0.464 e. The second-order valence-electron chi connectivity index (χ2n) is 6.56. The Morgan fingerprint density at radius 1 is 1.26 bits per heavy atom. The summed E-state index contributed by atoms with van der Waals surface area (Å²) in [7, 11) is 0. The van der Waals surface area contributed by atoms with E-state index in [-0.39, 0.29) is 11.9 Å². The van der Waals surface area contributed by atoms with E-state index in [1.807, 2.05) is 0 Å². The molecule has 0 bridgehead atoms. The average molecular weight is 316 g/mol. The molecular formula is C19H28N2O2. The summed E-state index contributed by atoms with van der Waals surface area (Å²) in [5, 5.41) is 7.31. The van der Waals surface area contributed by atoms with Gasteiger partial charge in [0.1, 0.15) is 5.58 Å². The molecule has 0 fully saturated rings. The third-order valence-corrected chi connectivity index (χ3v) is 4.17. The minimum absolute atomic E-state index is 0.0316. The van der Waals surface area contributed by atoms with E-state index in [4.69, 9.17) is 4.42 Å². The van der Waals surface area contributed by atoms with E-state index in [2.05, 4.69) is 57.4 Å². The second kappa shape index (κ2) is 7.64. The zero-order chi connectivity index (χ0) is 17.0.